The summed E-state index contributed by atoms with van der Waals surface area (Å²) in [4.78, 5) is 13.3. The van der Waals surface area contributed by atoms with Crippen molar-refractivity contribution < 1.29 is 13.7 Å². The van der Waals surface area contributed by atoms with Crippen LogP contribution in [0.25, 0.3) is 11.1 Å². The van der Waals surface area contributed by atoms with Crippen molar-refractivity contribution in [2.45, 2.75) is 55.6 Å². The number of piperidine rings is 1. The molecule has 1 heterocycles. The summed E-state index contributed by atoms with van der Waals surface area (Å²) in [5.74, 6) is 0.310. The molecule has 2 aromatic rings. The van der Waals surface area contributed by atoms with Crippen LogP contribution in [-0.2, 0) is 22.4 Å². The van der Waals surface area contributed by atoms with E-state index in [2.05, 4.69) is 16.7 Å². The van der Waals surface area contributed by atoms with Gasteiger partial charge in [0.2, 0.25) is 5.91 Å². The molecule has 1 aliphatic heterocycles. The molecule has 1 amide bonds. The molecule has 2 aromatic carbocycles. The summed E-state index contributed by atoms with van der Waals surface area (Å²) in [5, 5.41) is 15.6. The van der Waals surface area contributed by atoms with Gasteiger partial charge in [-0.3, -0.25) is 4.79 Å². The van der Waals surface area contributed by atoms with E-state index in [0.717, 1.165) is 29.7 Å². The van der Waals surface area contributed by atoms with Crippen molar-refractivity contribution >= 4 is 17.1 Å². The van der Waals surface area contributed by atoms with E-state index in [1.54, 1.807) is 24.3 Å². The van der Waals surface area contributed by atoms with Gasteiger partial charge in [0.05, 0.1) is 12.1 Å². The zero-order valence-corrected chi connectivity index (χ0v) is 18.3. The van der Waals surface area contributed by atoms with Crippen LogP contribution in [0.3, 0.4) is 0 Å². The van der Waals surface area contributed by atoms with Crippen LogP contribution < -0.4 is 10.6 Å². The molecule has 4 rings (SSSR count). The molecule has 7 heteroatoms. The number of nitrogens with one attached hydrogen (secondary N) is 2. The van der Waals surface area contributed by atoms with Gasteiger partial charge in [0.1, 0.15) is 17.6 Å². The smallest absolute Gasteiger partial charge is 0.238 e. The first-order chi connectivity index (χ1) is 15.0. The second kappa shape index (κ2) is 9.39. The Bertz CT molecular complexity index is 991. The fourth-order valence-corrected chi connectivity index (χ4v) is 5.39. The highest BCUT2D eigenvalue weighted by atomic mass is 32.2. The summed E-state index contributed by atoms with van der Waals surface area (Å²) >= 11 is -1.02. The third-order valence-electron chi connectivity index (χ3n) is 6.30. The van der Waals surface area contributed by atoms with E-state index in [1.807, 2.05) is 19.1 Å². The van der Waals surface area contributed by atoms with Gasteiger partial charge >= 0.3 is 0 Å². The highest BCUT2D eigenvalue weighted by Gasteiger charge is 2.43. The number of hydrogen-bond acceptors (Lipinski definition) is 4. The highest BCUT2D eigenvalue weighted by Crippen LogP contribution is 2.35. The number of rotatable bonds is 7. The first kappa shape index (κ1) is 21.8. The van der Waals surface area contributed by atoms with Crippen molar-refractivity contribution in [3.8, 4) is 17.2 Å². The molecular formula is C24H26FN3O2S. The number of carbonyl (C=O) groups excluding carboxylic acids is 1. The lowest BCUT2D eigenvalue weighted by Crippen LogP contribution is -2.50. The Kier molecular flexibility index (Phi) is 6.61. The van der Waals surface area contributed by atoms with E-state index in [1.165, 1.54) is 6.07 Å². The minimum absolute atomic E-state index is 0.115. The fourth-order valence-electron chi connectivity index (χ4n) is 4.62. The van der Waals surface area contributed by atoms with Crippen LogP contribution in [0, 0.1) is 23.1 Å². The number of fused-ring (bicyclic) bond motifs is 2. The van der Waals surface area contributed by atoms with E-state index in [-0.39, 0.29) is 18.4 Å². The van der Waals surface area contributed by atoms with E-state index in [0.29, 0.717) is 28.8 Å². The van der Waals surface area contributed by atoms with Crippen LogP contribution >= 0.6 is 0 Å². The average molecular weight is 440 g/mol. The maximum atomic E-state index is 14.8. The molecular weight excluding hydrogens is 413 g/mol. The fraction of sp³-hybridized carbons (Fsp3) is 0.417. The number of benzene rings is 2. The summed E-state index contributed by atoms with van der Waals surface area (Å²) in [6, 6.07) is 13.6. The van der Waals surface area contributed by atoms with Crippen molar-refractivity contribution in [3.63, 3.8) is 0 Å². The van der Waals surface area contributed by atoms with E-state index >= 15 is 0 Å². The van der Waals surface area contributed by atoms with Crippen LogP contribution in [0.2, 0.25) is 0 Å². The third-order valence-corrected chi connectivity index (χ3v) is 7.63. The van der Waals surface area contributed by atoms with Gasteiger partial charge in [-0.25, -0.2) is 4.39 Å². The molecule has 2 N–H and O–H groups in total. The Balaban J connectivity index is 1.41. The zero-order chi connectivity index (χ0) is 22.0. The number of halogens is 1. The maximum Gasteiger partial charge on any atom is 0.238 e. The summed E-state index contributed by atoms with van der Waals surface area (Å²) in [6.45, 7) is 1.86. The minimum Gasteiger partial charge on any atom is -0.611 e. The molecule has 31 heavy (non-hydrogen) atoms. The predicted octanol–water partition coefficient (Wildman–Crippen LogP) is 3.31. The Hall–Kier alpha value is -2.40. The van der Waals surface area contributed by atoms with Crippen LogP contribution in [0.5, 0.6) is 0 Å². The Morgan fingerprint density at radius 3 is 2.61 bits per heavy atom. The highest BCUT2D eigenvalue weighted by molar-refractivity contribution is 7.91. The first-order valence-electron chi connectivity index (χ1n) is 10.7. The molecule has 0 aromatic heterocycles. The van der Waals surface area contributed by atoms with Crippen LogP contribution in [0.15, 0.2) is 47.4 Å². The van der Waals surface area contributed by atoms with Gasteiger partial charge in [-0.1, -0.05) is 12.1 Å². The molecule has 0 spiro atoms. The topological polar surface area (TPSA) is 88.0 Å². The second-order valence-electron chi connectivity index (χ2n) is 8.27. The van der Waals surface area contributed by atoms with Crippen molar-refractivity contribution in [1.29, 1.82) is 5.26 Å². The normalized spacial score (nSPS) is 23.9. The first-order valence-corrected chi connectivity index (χ1v) is 12.0. The van der Waals surface area contributed by atoms with Gasteiger partial charge in [0.25, 0.3) is 0 Å². The lowest BCUT2D eigenvalue weighted by Gasteiger charge is -2.23. The van der Waals surface area contributed by atoms with Crippen molar-refractivity contribution in [2.75, 3.05) is 5.75 Å². The number of carbonyl (C=O) groups is 1. The molecule has 5 nitrogen and oxygen atoms in total. The third kappa shape index (κ3) is 4.77. The quantitative estimate of drug-likeness (QED) is 0.648. The van der Waals surface area contributed by atoms with Crippen molar-refractivity contribution in [1.82, 2.24) is 10.6 Å². The van der Waals surface area contributed by atoms with Gasteiger partial charge in [-0.15, -0.1) is 0 Å². The predicted molar refractivity (Wildman–Crippen MR) is 118 cm³/mol. The van der Waals surface area contributed by atoms with Gasteiger partial charge in [0, 0.05) is 12.5 Å². The van der Waals surface area contributed by atoms with Crippen LogP contribution in [0.4, 0.5) is 4.39 Å². The van der Waals surface area contributed by atoms with E-state index in [4.69, 9.17) is 0 Å². The molecule has 5 atom stereocenters. The van der Waals surface area contributed by atoms with Gasteiger partial charge < -0.3 is 15.2 Å². The summed E-state index contributed by atoms with van der Waals surface area (Å²) in [6.07, 6.45) is 3.27. The molecule has 162 valence electrons. The second-order valence-corrected chi connectivity index (χ2v) is 10.0. The zero-order valence-electron chi connectivity index (χ0n) is 17.4. The molecule has 1 saturated heterocycles. The summed E-state index contributed by atoms with van der Waals surface area (Å²) in [5.41, 5.74) is 1.92. The minimum atomic E-state index is -1.02. The molecule has 2 aliphatic rings. The van der Waals surface area contributed by atoms with Crippen LogP contribution in [0.1, 0.15) is 31.7 Å². The number of nitrogens with zero attached hydrogens (tertiary/aromatic N) is 1. The largest absolute Gasteiger partial charge is 0.611 e. The lowest BCUT2D eigenvalue weighted by molar-refractivity contribution is -0.124. The van der Waals surface area contributed by atoms with Crippen molar-refractivity contribution in [3.05, 3.63) is 53.8 Å². The molecule has 1 saturated carbocycles. The van der Waals surface area contributed by atoms with Gasteiger partial charge in [0.15, 0.2) is 4.90 Å². The van der Waals surface area contributed by atoms with Crippen LogP contribution in [-0.4, -0.2) is 34.3 Å². The number of nitriles is 1. The maximum absolute atomic E-state index is 14.8. The summed E-state index contributed by atoms with van der Waals surface area (Å²) < 4.78 is 26.7. The average Bonchev–Trinajstić information content (AvgIpc) is 3.43. The molecule has 2 fully saturated rings. The molecule has 4 unspecified atom stereocenters. The van der Waals surface area contributed by atoms with Gasteiger partial charge in [-0.2, -0.15) is 5.26 Å². The summed E-state index contributed by atoms with van der Waals surface area (Å²) in [7, 11) is 0. The molecule has 0 radical (unpaired) electrons. The Labute approximate surface area is 185 Å². The molecule has 2 bridgehead atoms. The van der Waals surface area contributed by atoms with Gasteiger partial charge in [-0.05, 0) is 90.3 Å². The molecule has 1 aliphatic carbocycles. The van der Waals surface area contributed by atoms with E-state index < -0.39 is 23.0 Å². The van der Waals surface area contributed by atoms with E-state index in [9.17, 15) is 19.0 Å². The Morgan fingerprint density at radius 2 is 2.03 bits per heavy atom. The monoisotopic (exact) mass is 439 g/mol. The SMILES string of the molecule is CC[S+]([O-])c1ccc(-c2ccc(CC(C#N)NC(=O)[C@H]3NC4CCC3C4)c(F)c2)cc1. The Morgan fingerprint density at radius 1 is 1.29 bits per heavy atom. The number of amides is 1. The van der Waals surface area contributed by atoms with Crippen molar-refractivity contribution in [2.24, 2.45) is 5.92 Å². The lowest BCUT2D eigenvalue weighted by atomic mass is 9.98. The standard InChI is InChI=1S/C24H26FN3O2S/c1-2-31(30)21-9-6-15(7-10-21)16-3-4-17(22(25)13-16)11-20(14-26)28-24(29)23-18-5-8-19(12-18)27-23/h3-4,6-7,9-10,13,18-20,23,27H,2,5,8,11-12H2,1H3,(H,28,29)/t18?,19?,20?,23-,31?/m0/s1. The number of hydrogen-bond donors (Lipinski definition) is 2.